The minimum Gasteiger partial charge on any atom is -0.497 e. The van der Waals surface area contributed by atoms with Crippen LogP contribution in [-0.2, 0) is 27.7 Å². The smallest absolute Gasteiger partial charge is 0.262 e. The molecule has 0 spiro atoms. The fourth-order valence-electron chi connectivity index (χ4n) is 3.59. The van der Waals surface area contributed by atoms with E-state index in [1.807, 2.05) is 26.0 Å². The second kappa shape index (κ2) is 11.6. The Morgan fingerprint density at radius 3 is 2.14 bits per heavy atom. The van der Waals surface area contributed by atoms with Crippen molar-refractivity contribution in [3.05, 3.63) is 75.8 Å². The molecule has 0 aromatic heterocycles. The maximum atomic E-state index is 12.8. The lowest BCUT2D eigenvalue weighted by atomic mass is 10.0. The lowest BCUT2D eigenvalue weighted by Crippen LogP contribution is -2.22. The quantitative estimate of drug-likeness (QED) is 0.331. The third-order valence-corrected chi connectivity index (χ3v) is 7.29. The number of carbonyl (C=O) groups excluding carboxylic acids is 1. The Morgan fingerprint density at radius 1 is 0.971 bits per heavy atom. The lowest BCUT2D eigenvalue weighted by Gasteiger charge is -2.16. The molecule has 0 bridgehead atoms. The highest BCUT2D eigenvalue weighted by Crippen LogP contribution is 2.28. The van der Waals surface area contributed by atoms with Crippen molar-refractivity contribution in [2.24, 2.45) is 0 Å². The fourth-order valence-corrected chi connectivity index (χ4v) is 5.28. The summed E-state index contributed by atoms with van der Waals surface area (Å²) in [6.07, 6.45) is 1.56. The van der Waals surface area contributed by atoms with Gasteiger partial charge in [0.25, 0.3) is 15.9 Å². The molecule has 35 heavy (non-hydrogen) atoms. The largest absolute Gasteiger partial charge is 0.497 e. The van der Waals surface area contributed by atoms with E-state index in [9.17, 15) is 13.2 Å². The van der Waals surface area contributed by atoms with E-state index in [2.05, 4.69) is 26.0 Å². The van der Waals surface area contributed by atoms with Gasteiger partial charge >= 0.3 is 0 Å². The summed E-state index contributed by atoms with van der Waals surface area (Å²) in [5.74, 6) is 0.783. The Kier molecular flexibility index (Phi) is 8.80. The second-order valence-electron chi connectivity index (χ2n) is 7.90. The van der Waals surface area contributed by atoms with Crippen LogP contribution in [0.1, 0.15) is 30.5 Å². The zero-order valence-corrected chi connectivity index (χ0v) is 22.5. The molecule has 0 aliphatic heterocycles. The summed E-state index contributed by atoms with van der Waals surface area (Å²) in [4.78, 5) is 12.7. The van der Waals surface area contributed by atoms with Crippen molar-refractivity contribution in [2.75, 3.05) is 23.8 Å². The molecular formula is C26H29BrN2O5S. The van der Waals surface area contributed by atoms with Crippen molar-refractivity contribution in [3.8, 4) is 11.5 Å². The number of ether oxygens (including phenoxy) is 2. The number of hydrogen-bond donors (Lipinski definition) is 2. The lowest BCUT2D eigenvalue weighted by molar-refractivity contribution is -0.118. The van der Waals surface area contributed by atoms with Crippen LogP contribution in [0.4, 0.5) is 11.4 Å². The molecule has 0 radical (unpaired) electrons. The first-order valence-corrected chi connectivity index (χ1v) is 13.5. The van der Waals surface area contributed by atoms with Crippen molar-refractivity contribution >= 4 is 43.2 Å². The van der Waals surface area contributed by atoms with Crippen molar-refractivity contribution in [2.45, 2.75) is 38.5 Å². The number of benzene rings is 3. The summed E-state index contributed by atoms with van der Waals surface area (Å²) in [5, 5.41) is 2.97. The van der Waals surface area contributed by atoms with Gasteiger partial charge in [0.05, 0.1) is 12.0 Å². The van der Waals surface area contributed by atoms with Gasteiger partial charge in [-0.05, 0) is 91.1 Å². The van der Waals surface area contributed by atoms with Gasteiger partial charge in [0.15, 0.2) is 6.61 Å². The predicted molar refractivity (Wildman–Crippen MR) is 142 cm³/mol. The first-order chi connectivity index (χ1) is 16.7. The number of sulfonamides is 1. The Balaban J connectivity index is 1.68. The fraction of sp³-hybridized carbons (Fsp3) is 0.269. The second-order valence-corrected chi connectivity index (χ2v) is 10.5. The van der Waals surface area contributed by atoms with Crippen LogP contribution in [0.3, 0.4) is 0 Å². The maximum Gasteiger partial charge on any atom is 0.262 e. The molecule has 0 unspecified atom stereocenters. The molecule has 0 saturated heterocycles. The molecule has 0 atom stereocenters. The van der Waals surface area contributed by atoms with E-state index in [4.69, 9.17) is 9.47 Å². The van der Waals surface area contributed by atoms with Gasteiger partial charge in [-0.15, -0.1) is 0 Å². The van der Waals surface area contributed by atoms with Crippen molar-refractivity contribution < 1.29 is 22.7 Å². The molecule has 0 aliphatic rings. The molecule has 3 rings (SSSR count). The molecule has 0 aliphatic carbocycles. The molecule has 1 amide bonds. The van der Waals surface area contributed by atoms with Crippen LogP contribution in [0.25, 0.3) is 0 Å². The van der Waals surface area contributed by atoms with E-state index in [0.717, 1.165) is 34.1 Å². The SMILES string of the molecule is CCc1cc(Br)cc(CC)c1NC(=O)COc1ccc(S(=O)(=O)Nc2ccc(OC)cc2)cc1C. The van der Waals surface area contributed by atoms with E-state index in [0.29, 0.717) is 22.7 Å². The minimum atomic E-state index is -3.79. The number of methoxy groups -OCH3 is 1. The van der Waals surface area contributed by atoms with Gasteiger partial charge in [-0.1, -0.05) is 29.8 Å². The molecule has 9 heteroatoms. The van der Waals surface area contributed by atoms with Crippen LogP contribution >= 0.6 is 15.9 Å². The van der Waals surface area contributed by atoms with E-state index in [1.54, 1.807) is 44.4 Å². The first kappa shape index (κ1) is 26.6. The Morgan fingerprint density at radius 2 is 1.60 bits per heavy atom. The summed E-state index contributed by atoms with van der Waals surface area (Å²) in [6.45, 7) is 5.61. The monoisotopic (exact) mass is 560 g/mol. The van der Waals surface area contributed by atoms with Crippen molar-refractivity contribution in [3.63, 3.8) is 0 Å². The average Bonchev–Trinajstić information content (AvgIpc) is 2.84. The Hall–Kier alpha value is -3.04. The standard InChI is InChI=1S/C26H29BrN2O5S/c1-5-18-14-20(27)15-19(6-2)26(18)28-25(30)16-34-24-12-11-23(13-17(24)3)35(31,32)29-21-7-9-22(33-4)10-8-21/h7-15,29H,5-6,16H2,1-4H3,(H,28,30). The normalized spacial score (nSPS) is 11.1. The Labute approximate surface area is 215 Å². The van der Waals surface area contributed by atoms with Crippen LogP contribution in [0.15, 0.2) is 64.0 Å². The predicted octanol–water partition coefficient (Wildman–Crippen LogP) is 5.71. The number of anilines is 2. The van der Waals surface area contributed by atoms with Crippen LogP contribution in [0.5, 0.6) is 11.5 Å². The summed E-state index contributed by atoms with van der Waals surface area (Å²) in [6, 6.07) is 15.1. The molecule has 0 heterocycles. The molecule has 3 aromatic rings. The number of carbonyl (C=O) groups is 1. The molecule has 0 fully saturated rings. The number of nitrogens with one attached hydrogen (secondary N) is 2. The molecule has 2 N–H and O–H groups in total. The van der Waals surface area contributed by atoms with Gasteiger partial charge in [0.1, 0.15) is 11.5 Å². The molecule has 186 valence electrons. The van der Waals surface area contributed by atoms with Gasteiger partial charge in [0, 0.05) is 15.8 Å². The first-order valence-electron chi connectivity index (χ1n) is 11.2. The van der Waals surface area contributed by atoms with Gasteiger partial charge < -0.3 is 14.8 Å². The van der Waals surface area contributed by atoms with Gasteiger partial charge in [-0.2, -0.15) is 0 Å². The molecular weight excluding hydrogens is 532 g/mol. The van der Waals surface area contributed by atoms with Gasteiger partial charge in [0.2, 0.25) is 0 Å². The maximum absolute atomic E-state index is 12.8. The highest BCUT2D eigenvalue weighted by atomic mass is 79.9. The van der Waals surface area contributed by atoms with E-state index < -0.39 is 10.0 Å². The highest BCUT2D eigenvalue weighted by Gasteiger charge is 2.17. The van der Waals surface area contributed by atoms with E-state index >= 15 is 0 Å². The number of halogens is 1. The van der Waals surface area contributed by atoms with Crippen LogP contribution < -0.4 is 19.5 Å². The minimum absolute atomic E-state index is 0.0951. The average molecular weight is 561 g/mol. The molecule has 3 aromatic carbocycles. The van der Waals surface area contributed by atoms with Crippen molar-refractivity contribution in [1.82, 2.24) is 0 Å². The summed E-state index contributed by atoms with van der Waals surface area (Å²) in [5.41, 5.74) is 3.92. The van der Waals surface area contributed by atoms with Crippen LogP contribution in [0.2, 0.25) is 0 Å². The van der Waals surface area contributed by atoms with Crippen molar-refractivity contribution in [1.29, 1.82) is 0 Å². The number of rotatable bonds is 10. The molecule has 7 nitrogen and oxygen atoms in total. The number of amides is 1. The van der Waals surface area contributed by atoms with E-state index in [-0.39, 0.29) is 17.4 Å². The third-order valence-electron chi connectivity index (χ3n) is 5.45. The summed E-state index contributed by atoms with van der Waals surface area (Å²) in [7, 11) is -2.25. The summed E-state index contributed by atoms with van der Waals surface area (Å²) >= 11 is 3.52. The summed E-state index contributed by atoms with van der Waals surface area (Å²) < 4.78 is 39.9. The van der Waals surface area contributed by atoms with Crippen LogP contribution in [-0.4, -0.2) is 28.0 Å². The van der Waals surface area contributed by atoms with Gasteiger partial charge in [-0.3, -0.25) is 9.52 Å². The van der Waals surface area contributed by atoms with E-state index in [1.165, 1.54) is 12.1 Å². The van der Waals surface area contributed by atoms with Crippen LogP contribution in [0, 0.1) is 6.92 Å². The highest BCUT2D eigenvalue weighted by molar-refractivity contribution is 9.10. The number of hydrogen-bond acceptors (Lipinski definition) is 5. The topological polar surface area (TPSA) is 93.7 Å². The number of aryl methyl sites for hydroxylation is 3. The zero-order chi connectivity index (χ0) is 25.6. The Bertz CT molecular complexity index is 1280. The third kappa shape index (κ3) is 6.76. The van der Waals surface area contributed by atoms with Gasteiger partial charge in [-0.25, -0.2) is 8.42 Å². The molecule has 0 saturated carbocycles. The zero-order valence-electron chi connectivity index (χ0n) is 20.1.